The molecule has 2 heterocycles. The Morgan fingerprint density at radius 3 is 2.60 bits per heavy atom. The fraction of sp³-hybridized carbons (Fsp3) is 0.476. The number of thioether (sulfide) groups is 1. The molecule has 3 rings (SSSR count). The average Bonchev–Trinajstić information content (AvgIpc) is 2.78. The maximum absolute atomic E-state index is 13.2. The van der Waals surface area contributed by atoms with Gasteiger partial charge in [0, 0.05) is 13.1 Å². The third kappa shape index (κ3) is 5.14. The van der Waals surface area contributed by atoms with Crippen LogP contribution in [0.1, 0.15) is 25.3 Å². The van der Waals surface area contributed by atoms with Crippen LogP contribution in [0.25, 0.3) is 5.69 Å². The quantitative estimate of drug-likeness (QED) is 0.504. The molecular formula is C21H27N3O5S. The van der Waals surface area contributed by atoms with Crippen LogP contribution in [-0.2, 0) is 16.0 Å². The minimum Gasteiger partial charge on any atom is -0.497 e. The third-order valence-electron chi connectivity index (χ3n) is 4.92. The number of morpholine rings is 1. The molecule has 1 aromatic carbocycles. The highest BCUT2D eigenvalue weighted by Crippen LogP contribution is 2.25. The van der Waals surface area contributed by atoms with Gasteiger partial charge in [-0.1, -0.05) is 25.1 Å². The minimum absolute atomic E-state index is 0.0478. The maximum Gasteiger partial charge on any atom is 0.265 e. The molecule has 0 bridgehead atoms. The van der Waals surface area contributed by atoms with E-state index in [2.05, 4.69) is 4.98 Å². The van der Waals surface area contributed by atoms with E-state index in [1.165, 1.54) is 4.57 Å². The minimum atomic E-state index is -0.317. The predicted octanol–water partition coefficient (Wildman–Crippen LogP) is 2.24. The van der Waals surface area contributed by atoms with E-state index in [9.17, 15) is 14.7 Å². The summed E-state index contributed by atoms with van der Waals surface area (Å²) in [5, 5.41) is 10.7. The van der Waals surface area contributed by atoms with E-state index in [1.807, 2.05) is 6.92 Å². The third-order valence-corrected chi connectivity index (χ3v) is 5.85. The van der Waals surface area contributed by atoms with Crippen molar-refractivity contribution in [3.05, 3.63) is 40.2 Å². The molecule has 1 N–H and O–H groups in total. The number of aromatic hydroxyl groups is 1. The van der Waals surface area contributed by atoms with Crippen LogP contribution in [0.2, 0.25) is 0 Å². The second-order valence-electron chi connectivity index (χ2n) is 6.92. The average molecular weight is 434 g/mol. The summed E-state index contributed by atoms with van der Waals surface area (Å²) in [6.45, 7) is 4.18. The summed E-state index contributed by atoms with van der Waals surface area (Å²) in [7, 11) is 1.57. The summed E-state index contributed by atoms with van der Waals surface area (Å²) in [4.78, 5) is 31.8. The Bertz CT molecular complexity index is 923. The van der Waals surface area contributed by atoms with Gasteiger partial charge in [-0.15, -0.1) is 0 Å². The van der Waals surface area contributed by atoms with Crippen molar-refractivity contribution in [3.8, 4) is 17.3 Å². The number of carbonyl (C=O) groups excluding carboxylic acids is 1. The molecule has 0 radical (unpaired) electrons. The highest BCUT2D eigenvalue weighted by molar-refractivity contribution is 7.99. The van der Waals surface area contributed by atoms with Crippen LogP contribution in [-0.4, -0.2) is 64.6 Å². The van der Waals surface area contributed by atoms with Gasteiger partial charge in [-0.2, -0.15) is 4.98 Å². The first-order valence-electron chi connectivity index (χ1n) is 10.0. The van der Waals surface area contributed by atoms with Gasteiger partial charge in [0.25, 0.3) is 5.56 Å². The van der Waals surface area contributed by atoms with Gasteiger partial charge in [-0.25, -0.2) is 0 Å². The number of amides is 1. The Labute approximate surface area is 179 Å². The number of methoxy groups -OCH3 is 1. The van der Waals surface area contributed by atoms with Crippen molar-refractivity contribution in [2.24, 2.45) is 0 Å². The first-order chi connectivity index (χ1) is 14.5. The molecule has 8 nitrogen and oxygen atoms in total. The van der Waals surface area contributed by atoms with E-state index in [4.69, 9.17) is 9.47 Å². The van der Waals surface area contributed by atoms with Crippen molar-refractivity contribution in [2.75, 3.05) is 39.2 Å². The van der Waals surface area contributed by atoms with Crippen molar-refractivity contribution < 1.29 is 19.4 Å². The van der Waals surface area contributed by atoms with Crippen molar-refractivity contribution >= 4 is 17.7 Å². The van der Waals surface area contributed by atoms with Crippen molar-refractivity contribution in [3.63, 3.8) is 0 Å². The second kappa shape index (κ2) is 10.5. The van der Waals surface area contributed by atoms with Gasteiger partial charge >= 0.3 is 0 Å². The Morgan fingerprint density at radius 2 is 1.97 bits per heavy atom. The van der Waals surface area contributed by atoms with Gasteiger partial charge in [0.1, 0.15) is 5.75 Å². The number of unbranched alkanes of at least 4 members (excludes halogenated alkanes) is 1. The number of benzene rings is 1. The molecule has 1 amide bonds. The zero-order valence-electron chi connectivity index (χ0n) is 17.3. The molecular weight excluding hydrogens is 406 g/mol. The van der Waals surface area contributed by atoms with Gasteiger partial charge in [0.15, 0.2) is 5.16 Å². The van der Waals surface area contributed by atoms with Crippen LogP contribution in [0.15, 0.2) is 34.2 Å². The van der Waals surface area contributed by atoms with Crippen LogP contribution in [0.3, 0.4) is 0 Å². The standard InChI is InChI=1S/C21H27N3O5S/c1-3-4-5-17-19(26)22-21(30-14-18(25)23-10-12-29-13-11-23)24(20(17)27)15-6-8-16(28-2)9-7-15/h6-9,26H,3-5,10-14H2,1-2H3. The van der Waals surface area contributed by atoms with E-state index in [-0.39, 0.29) is 33.8 Å². The molecule has 0 atom stereocenters. The summed E-state index contributed by atoms with van der Waals surface area (Å²) in [6.07, 6.45) is 2.11. The number of hydrogen-bond acceptors (Lipinski definition) is 7. The van der Waals surface area contributed by atoms with Gasteiger partial charge in [-0.3, -0.25) is 14.2 Å². The van der Waals surface area contributed by atoms with Crippen molar-refractivity contribution in [2.45, 2.75) is 31.3 Å². The van der Waals surface area contributed by atoms with E-state index in [0.29, 0.717) is 44.2 Å². The van der Waals surface area contributed by atoms with Gasteiger partial charge in [0.2, 0.25) is 11.8 Å². The lowest BCUT2D eigenvalue weighted by Gasteiger charge is -2.26. The summed E-state index contributed by atoms with van der Waals surface area (Å²) in [6, 6.07) is 7.04. The molecule has 1 aromatic heterocycles. The molecule has 0 unspecified atom stereocenters. The topological polar surface area (TPSA) is 93.9 Å². The number of ether oxygens (including phenoxy) is 2. The largest absolute Gasteiger partial charge is 0.497 e. The normalized spacial score (nSPS) is 14.0. The molecule has 1 aliphatic heterocycles. The Morgan fingerprint density at radius 1 is 1.27 bits per heavy atom. The first-order valence-corrected chi connectivity index (χ1v) is 11.0. The Balaban J connectivity index is 1.93. The molecule has 9 heteroatoms. The number of aromatic nitrogens is 2. The molecule has 0 spiro atoms. The summed E-state index contributed by atoms with van der Waals surface area (Å²) in [5.74, 6) is 0.477. The number of carbonyl (C=O) groups is 1. The molecule has 1 aliphatic rings. The lowest BCUT2D eigenvalue weighted by Crippen LogP contribution is -2.41. The number of hydrogen-bond donors (Lipinski definition) is 1. The van der Waals surface area contributed by atoms with Gasteiger partial charge in [0.05, 0.1) is 37.3 Å². The van der Waals surface area contributed by atoms with E-state index >= 15 is 0 Å². The highest BCUT2D eigenvalue weighted by Gasteiger charge is 2.21. The zero-order chi connectivity index (χ0) is 21.5. The molecule has 1 fully saturated rings. The molecule has 0 aliphatic carbocycles. The highest BCUT2D eigenvalue weighted by atomic mass is 32.2. The fourth-order valence-corrected chi connectivity index (χ4v) is 4.09. The molecule has 0 saturated carbocycles. The van der Waals surface area contributed by atoms with Crippen molar-refractivity contribution in [1.82, 2.24) is 14.5 Å². The maximum atomic E-state index is 13.2. The Hall–Kier alpha value is -2.52. The van der Waals surface area contributed by atoms with Gasteiger partial charge in [-0.05, 0) is 37.1 Å². The summed E-state index contributed by atoms with van der Waals surface area (Å²) in [5.41, 5.74) is 0.575. The molecule has 1 saturated heterocycles. The smallest absolute Gasteiger partial charge is 0.265 e. The second-order valence-corrected chi connectivity index (χ2v) is 7.86. The lowest BCUT2D eigenvalue weighted by molar-refractivity contribution is -0.132. The SMILES string of the molecule is CCCCc1c(O)nc(SCC(=O)N2CCOCC2)n(-c2ccc(OC)cc2)c1=O. The fourth-order valence-electron chi connectivity index (χ4n) is 3.18. The summed E-state index contributed by atoms with van der Waals surface area (Å²) < 4.78 is 11.9. The predicted molar refractivity (Wildman–Crippen MR) is 115 cm³/mol. The molecule has 162 valence electrons. The first kappa shape index (κ1) is 22.2. The van der Waals surface area contributed by atoms with E-state index in [0.717, 1.165) is 24.6 Å². The Kier molecular flexibility index (Phi) is 7.75. The zero-order valence-corrected chi connectivity index (χ0v) is 18.1. The molecule has 2 aromatic rings. The van der Waals surface area contributed by atoms with Crippen LogP contribution in [0, 0.1) is 0 Å². The lowest BCUT2D eigenvalue weighted by atomic mass is 10.1. The van der Waals surface area contributed by atoms with E-state index < -0.39 is 0 Å². The van der Waals surface area contributed by atoms with E-state index in [1.54, 1.807) is 36.3 Å². The van der Waals surface area contributed by atoms with Crippen LogP contribution in [0.5, 0.6) is 11.6 Å². The van der Waals surface area contributed by atoms with Gasteiger partial charge < -0.3 is 19.5 Å². The van der Waals surface area contributed by atoms with Crippen molar-refractivity contribution in [1.29, 1.82) is 0 Å². The van der Waals surface area contributed by atoms with Crippen LogP contribution >= 0.6 is 11.8 Å². The summed E-state index contributed by atoms with van der Waals surface area (Å²) >= 11 is 1.14. The van der Waals surface area contributed by atoms with Crippen LogP contribution < -0.4 is 10.3 Å². The monoisotopic (exact) mass is 433 g/mol. The van der Waals surface area contributed by atoms with Crippen LogP contribution in [0.4, 0.5) is 0 Å². The molecule has 30 heavy (non-hydrogen) atoms. The number of rotatable bonds is 8. The number of nitrogens with zero attached hydrogens (tertiary/aromatic N) is 3.